The summed E-state index contributed by atoms with van der Waals surface area (Å²) in [6.07, 6.45) is 6.13. The highest BCUT2D eigenvalue weighted by Gasteiger charge is 2.61. The lowest BCUT2D eigenvalue weighted by atomic mass is 9.95. The van der Waals surface area contributed by atoms with E-state index in [1.54, 1.807) is 23.3 Å². The Hall–Kier alpha value is -1.82. The summed E-state index contributed by atoms with van der Waals surface area (Å²) in [5.74, 6) is -0.610. The van der Waals surface area contributed by atoms with Crippen molar-refractivity contribution in [1.82, 2.24) is 14.5 Å². The Balaban J connectivity index is 1.60. The number of halogens is 2. The maximum Gasteiger partial charge on any atom is 0.181 e. The van der Waals surface area contributed by atoms with E-state index in [1.165, 1.54) is 12.1 Å². The predicted octanol–water partition coefficient (Wildman–Crippen LogP) is 2.57. The molecule has 1 saturated carbocycles. The number of hydrogen-bond acceptors (Lipinski definition) is 2. The number of rotatable bonds is 1. The lowest BCUT2D eigenvalue weighted by Crippen LogP contribution is -2.35. The minimum Gasteiger partial charge on any atom is -0.347 e. The van der Waals surface area contributed by atoms with Gasteiger partial charge in [-0.05, 0) is 42.3 Å². The summed E-state index contributed by atoms with van der Waals surface area (Å²) in [5, 5.41) is 0.691. The van der Waals surface area contributed by atoms with Crippen LogP contribution in [0, 0.1) is 17.6 Å². The molecule has 1 aromatic heterocycles. The highest BCUT2D eigenvalue weighted by molar-refractivity contribution is 7.80. The molecule has 1 aromatic carbocycles. The zero-order valence-electron chi connectivity index (χ0n) is 11.2. The average molecular weight is 305 g/mol. The molecule has 1 saturated heterocycles. The van der Waals surface area contributed by atoms with E-state index in [-0.39, 0.29) is 5.41 Å². The number of piperidine rings is 1. The molecule has 21 heavy (non-hydrogen) atoms. The summed E-state index contributed by atoms with van der Waals surface area (Å²) in [6.45, 7) is 1.53. The molecule has 0 amide bonds. The van der Waals surface area contributed by atoms with E-state index in [4.69, 9.17) is 12.2 Å². The van der Waals surface area contributed by atoms with Gasteiger partial charge >= 0.3 is 0 Å². The third-order valence-electron chi connectivity index (χ3n) is 4.58. The van der Waals surface area contributed by atoms with Gasteiger partial charge in [0.25, 0.3) is 0 Å². The molecule has 1 aliphatic carbocycles. The second-order valence-corrected chi connectivity index (χ2v) is 6.21. The highest BCUT2D eigenvalue weighted by Crippen LogP contribution is 2.59. The zero-order valence-corrected chi connectivity index (χ0v) is 12.0. The van der Waals surface area contributed by atoms with Gasteiger partial charge in [-0.15, -0.1) is 0 Å². The van der Waals surface area contributed by atoms with Gasteiger partial charge in [-0.1, -0.05) is 0 Å². The summed E-state index contributed by atoms with van der Waals surface area (Å²) >= 11 is 5.46. The van der Waals surface area contributed by atoms with E-state index >= 15 is 0 Å². The van der Waals surface area contributed by atoms with Crippen molar-refractivity contribution in [2.45, 2.75) is 11.8 Å². The first kappa shape index (κ1) is 12.9. The second kappa shape index (κ2) is 4.34. The molecular weight excluding hydrogens is 292 g/mol. The zero-order chi connectivity index (χ0) is 14.6. The van der Waals surface area contributed by atoms with Crippen LogP contribution in [-0.4, -0.2) is 32.7 Å². The van der Waals surface area contributed by atoms with E-state index in [1.807, 2.05) is 0 Å². The average Bonchev–Trinajstić information content (AvgIpc) is 2.84. The van der Waals surface area contributed by atoms with Crippen molar-refractivity contribution in [3.05, 3.63) is 54.1 Å². The molecule has 2 aromatic rings. The molecule has 0 unspecified atom stereocenters. The van der Waals surface area contributed by atoms with Crippen molar-refractivity contribution in [3.63, 3.8) is 0 Å². The van der Waals surface area contributed by atoms with E-state index in [0.717, 1.165) is 24.6 Å². The summed E-state index contributed by atoms with van der Waals surface area (Å²) in [6, 6.07) is 3.82. The molecule has 4 rings (SSSR count). The Bertz CT molecular complexity index is 695. The summed E-state index contributed by atoms with van der Waals surface area (Å²) in [5.41, 5.74) is 0.606. The van der Waals surface area contributed by atoms with Crippen LogP contribution in [0.1, 0.15) is 12.0 Å². The number of nitrogens with zero attached hydrogens (tertiary/aromatic N) is 3. The Labute approximate surface area is 126 Å². The Morgan fingerprint density at radius 2 is 2.05 bits per heavy atom. The molecule has 2 atom stereocenters. The van der Waals surface area contributed by atoms with Gasteiger partial charge in [0.1, 0.15) is 18.0 Å². The maximum absolute atomic E-state index is 13.5. The number of aromatic nitrogens is 2. The molecule has 2 heterocycles. The van der Waals surface area contributed by atoms with E-state index < -0.39 is 11.6 Å². The molecule has 108 valence electrons. The second-order valence-electron chi connectivity index (χ2n) is 5.85. The Morgan fingerprint density at radius 1 is 1.29 bits per heavy atom. The van der Waals surface area contributed by atoms with Gasteiger partial charge < -0.3 is 4.90 Å². The topological polar surface area (TPSA) is 21.1 Å². The minimum absolute atomic E-state index is 0.145. The van der Waals surface area contributed by atoms with Crippen molar-refractivity contribution in [2.75, 3.05) is 13.1 Å². The van der Waals surface area contributed by atoms with Gasteiger partial charge in [0.2, 0.25) is 0 Å². The largest absolute Gasteiger partial charge is 0.347 e. The summed E-state index contributed by atoms with van der Waals surface area (Å²) in [7, 11) is 0. The van der Waals surface area contributed by atoms with Crippen molar-refractivity contribution in [1.29, 1.82) is 0 Å². The molecule has 2 aliphatic rings. The fourth-order valence-corrected chi connectivity index (χ4v) is 3.70. The number of hydrogen-bond donors (Lipinski definition) is 0. The highest BCUT2D eigenvalue weighted by atomic mass is 32.1. The molecule has 1 aliphatic heterocycles. The van der Waals surface area contributed by atoms with Crippen LogP contribution in [0.5, 0.6) is 0 Å². The van der Waals surface area contributed by atoms with Gasteiger partial charge in [0.05, 0.1) is 0 Å². The molecule has 0 radical (unpaired) electrons. The van der Waals surface area contributed by atoms with E-state index in [9.17, 15) is 8.78 Å². The van der Waals surface area contributed by atoms with Crippen LogP contribution in [0.2, 0.25) is 0 Å². The Kier molecular flexibility index (Phi) is 2.66. The summed E-state index contributed by atoms with van der Waals surface area (Å²) < 4.78 is 28.7. The van der Waals surface area contributed by atoms with Crippen LogP contribution in [0.25, 0.3) is 0 Å². The number of benzene rings is 1. The van der Waals surface area contributed by atoms with Crippen LogP contribution in [0.4, 0.5) is 8.78 Å². The summed E-state index contributed by atoms with van der Waals surface area (Å²) in [4.78, 5) is 6.08. The van der Waals surface area contributed by atoms with Crippen molar-refractivity contribution >= 4 is 17.3 Å². The fraction of sp³-hybridized carbons (Fsp3) is 0.333. The van der Waals surface area contributed by atoms with Crippen LogP contribution in [0.15, 0.2) is 36.9 Å². The van der Waals surface area contributed by atoms with Crippen LogP contribution >= 0.6 is 12.2 Å². The maximum atomic E-state index is 13.5. The molecule has 6 heteroatoms. The lowest BCUT2D eigenvalue weighted by Gasteiger charge is -2.24. The molecule has 0 spiro atoms. The quantitative estimate of drug-likeness (QED) is 0.756. The normalized spacial score (nSPS) is 26.8. The molecular formula is C15H13F2N3S. The minimum atomic E-state index is -0.513. The van der Waals surface area contributed by atoms with Gasteiger partial charge in [0, 0.05) is 37.0 Å². The number of thiocarbonyl (C=S) groups is 1. The molecule has 0 N–H and O–H groups in total. The van der Waals surface area contributed by atoms with Crippen LogP contribution in [0.3, 0.4) is 0 Å². The first-order valence-electron chi connectivity index (χ1n) is 6.82. The first-order chi connectivity index (χ1) is 10.1. The number of imidazole rings is 1. The van der Waals surface area contributed by atoms with Gasteiger partial charge in [-0.3, -0.25) is 4.57 Å². The van der Waals surface area contributed by atoms with Gasteiger partial charge in [0.15, 0.2) is 5.11 Å². The van der Waals surface area contributed by atoms with Crippen molar-refractivity contribution in [2.24, 2.45) is 5.92 Å². The van der Waals surface area contributed by atoms with Gasteiger partial charge in [-0.2, -0.15) is 0 Å². The van der Waals surface area contributed by atoms with E-state index in [0.29, 0.717) is 17.6 Å². The number of likely N-dealkylation sites (tertiary alicyclic amines) is 1. The van der Waals surface area contributed by atoms with Crippen molar-refractivity contribution < 1.29 is 8.78 Å². The van der Waals surface area contributed by atoms with Crippen molar-refractivity contribution in [3.8, 4) is 0 Å². The number of fused-ring (bicyclic) bond motifs is 1. The monoisotopic (exact) mass is 305 g/mol. The predicted molar refractivity (Wildman–Crippen MR) is 77.9 cm³/mol. The molecule has 0 bridgehead atoms. The molecule has 3 nitrogen and oxygen atoms in total. The third-order valence-corrected chi connectivity index (χ3v) is 5.05. The third kappa shape index (κ3) is 1.97. The van der Waals surface area contributed by atoms with Crippen LogP contribution in [-0.2, 0) is 5.41 Å². The first-order valence-corrected chi connectivity index (χ1v) is 7.23. The van der Waals surface area contributed by atoms with Gasteiger partial charge in [-0.25, -0.2) is 13.8 Å². The lowest BCUT2D eigenvalue weighted by molar-refractivity contribution is 0.441. The fourth-order valence-electron chi connectivity index (χ4n) is 3.45. The molecule has 2 fully saturated rings. The standard InChI is InChI=1S/C15H13F2N3S/c16-12-3-10(4-13(17)5-12)15-6-11(15)7-20(8-15)14(21)19-2-1-18-9-19/h1-5,9,11H,6-8H2/t11-,15+/m0/s1. The van der Waals surface area contributed by atoms with Crippen LogP contribution < -0.4 is 0 Å². The Morgan fingerprint density at radius 3 is 2.71 bits per heavy atom. The SMILES string of the molecule is Fc1cc(F)cc([C@]23C[C@H]2CN(C(=S)n2ccnc2)C3)c1. The smallest absolute Gasteiger partial charge is 0.181 e. The van der Waals surface area contributed by atoms with E-state index in [2.05, 4.69) is 9.88 Å².